The van der Waals surface area contributed by atoms with Gasteiger partial charge in [0, 0.05) is 12.2 Å². The Kier molecular flexibility index (Phi) is 4.35. The molecule has 2 heteroatoms. The second kappa shape index (κ2) is 6.08. The van der Waals surface area contributed by atoms with Gasteiger partial charge in [-0.05, 0) is 61.5 Å². The average molecular weight is 286 g/mol. The summed E-state index contributed by atoms with van der Waals surface area (Å²) in [7, 11) is 0. The normalized spacial score (nSPS) is 29.4. The molecule has 116 valence electrons. The number of aryl methyl sites for hydroxylation is 1. The molecule has 0 aliphatic heterocycles. The molecule has 1 fully saturated rings. The topological polar surface area (TPSA) is 24.9 Å². The molecule has 2 aliphatic carbocycles. The largest absolute Gasteiger partial charge is 0.306 e. The highest BCUT2D eigenvalue weighted by Crippen LogP contribution is 2.41. The zero-order chi connectivity index (χ0) is 14.9. The van der Waals surface area contributed by atoms with Crippen LogP contribution in [0.25, 0.3) is 0 Å². The van der Waals surface area contributed by atoms with Gasteiger partial charge >= 0.3 is 0 Å². The molecular weight excluding hydrogens is 256 g/mol. The van der Waals surface area contributed by atoms with Crippen molar-refractivity contribution in [1.82, 2.24) is 10.3 Å². The molecule has 0 radical (unpaired) electrons. The Morgan fingerprint density at radius 3 is 2.67 bits per heavy atom. The first-order valence-corrected chi connectivity index (χ1v) is 8.80. The van der Waals surface area contributed by atoms with E-state index in [1.165, 1.54) is 56.2 Å². The van der Waals surface area contributed by atoms with Gasteiger partial charge in [-0.25, -0.2) is 0 Å². The fourth-order valence-corrected chi connectivity index (χ4v) is 4.19. The highest BCUT2D eigenvalue weighted by Gasteiger charge is 2.33. The number of aromatic nitrogens is 1. The number of fused-ring (bicyclic) bond motifs is 1. The molecule has 2 aliphatic rings. The quantitative estimate of drug-likeness (QED) is 0.871. The van der Waals surface area contributed by atoms with Crippen LogP contribution in [-0.4, -0.2) is 11.0 Å². The van der Waals surface area contributed by atoms with E-state index in [1.54, 1.807) is 0 Å². The summed E-state index contributed by atoms with van der Waals surface area (Å²) >= 11 is 0. The maximum atomic E-state index is 4.61. The molecule has 0 amide bonds. The van der Waals surface area contributed by atoms with Crippen LogP contribution in [0, 0.1) is 11.3 Å². The Morgan fingerprint density at radius 2 is 1.95 bits per heavy atom. The number of rotatable bonds is 4. The molecule has 0 spiro atoms. The zero-order valence-corrected chi connectivity index (χ0v) is 13.9. The van der Waals surface area contributed by atoms with Gasteiger partial charge in [0.15, 0.2) is 0 Å². The van der Waals surface area contributed by atoms with E-state index < -0.39 is 0 Å². The van der Waals surface area contributed by atoms with E-state index in [0.29, 0.717) is 17.5 Å². The first-order chi connectivity index (χ1) is 10.1. The van der Waals surface area contributed by atoms with Crippen molar-refractivity contribution in [3.05, 3.63) is 29.6 Å². The lowest BCUT2D eigenvalue weighted by atomic mass is 9.69. The Hall–Kier alpha value is -0.890. The third kappa shape index (κ3) is 3.15. The fourth-order valence-electron chi connectivity index (χ4n) is 4.19. The third-order valence-electron chi connectivity index (χ3n) is 6.14. The fraction of sp³-hybridized carbons (Fsp3) is 0.737. The third-order valence-corrected chi connectivity index (χ3v) is 6.14. The van der Waals surface area contributed by atoms with E-state index in [9.17, 15) is 0 Å². The molecule has 1 saturated carbocycles. The van der Waals surface area contributed by atoms with Gasteiger partial charge < -0.3 is 5.32 Å². The summed E-state index contributed by atoms with van der Waals surface area (Å²) in [5, 5.41) is 3.90. The van der Waals surface area contributed by atoms with Crippen LogP contribution in [-0.2, 0) is 6.42 Å². The van der Waals surface area contributed by atoms with Crippen LogP contribution >= 0.6 is 0 Å². The van der Waals surface area contributed by atoms with Crippen molar-refractivity contribution in [1.29, 1.82) is 0 Å². The van der Waals surface area contributed by atoms with Crippen molar-refractivity contribution in [3.8, 4) is 0 Å². The van der Waals surface area contributed by atoms with Gasteiger partial charge in [-0.3, -0.25) is 4.98 Å². The lowest BCUT2D eigenvalue weighted by Crippen LogP contribution is -2.38. The minimum Gasteiger partial charge on any atom is -0.306 e. The Balaban J connectivity index is 1.55. The van der Waals surface area contributed by atoms with Crippen molar-refractivity contribution >= 4 is 0 Å². The summed E-state index contributed by atoms with van der Waals surface area (Å²) < 4.78 is 0. The van der Waals surface area contributed by atoms with Gasteiger partial charge in [-0.2, -0.15) is 0 Å². The molecule has 1 heterocycles. The summed E-state index contributed by atoms with van der Waals surface area (Å²) in [5.74, 6) is 0.912. The van der Waals surface area contributed by atoms with Crippen molar-refractivity contribution in [3.63, 3.8) is 0 Å². The van der Waals surface area contributed by atoms with Crippen molar-refractivity contribution in [2.24, 2.45) is 11.3 Å². The maximum Gasteiger partial charge on any atom is 0.0605 e. The minimum atomic E-state index is 0.502. The van der Waals surface area contributed by atoms with Crippen LogP contribution in [0.15, 0.2) is 18.3 Å². The van der Waals surface area contributed by atoms with Gasteiger partial charge in [0.2, 0.25) is 0 Å². The number of nitrogens with zero attached hydrogens (tertiary/aromatic N) is 1. The maximum absolute atomic E-state index is 4.61. The Morgan fingerprint density at radius 1 is 1.19 bits per heavy atom. The second-order valence-electron chi connectivity index (χ2n) is 7.70. The molecule has 1 unspecified atom stereocenters. The highest BCUT2D eigenvalue weighted by molar-refractivity contribution is 5.28. The van der Waals surface area contributed by atoms with Crippen molar-refractivity contribution in [2.75, 3.05) is 0 Å². The molecule has 1 N–H and O–H groups in total. The van der Waals surface area contributed by atoms with E-state index in [0.717, 1.165) is 5.92 Å². The SMILES string of the molecule is CCC(C)(C)C1CCC(NC2CCc3cccnc32)CC1. The van der Waals surface area contributed by atoms with Crippen molar-refractivity contribution < 1.29 is 0 Å². The standard InChI is InChI=1S/C19H30N2/c1-4-19(2,3)15-8-10-16(11-9-15)21-17-12-7-14-6-5-13-20-18(14)17/h5-6,13,15-17,21H,4,7-12H2,1-3H3. The van der Waals surface area contributed by atoms with Gasteiger partial charge in [-0.15, -0.1) is 0 Å². The molecule has 0 aromatic carbocycles. The van der Waals surface area contributed by atoms with Gasteiger partial charge in [0.1, 0.15) is 0 Å². The molecule has 1 aromatic rings. The predicted octanol–water partition coefficient (Wildman–Crippen LogP) is 4.65. The number of pyridine rings is 1. The van der Waals surface area contributed by atoms with E-state index >= 15 is 0 Å². The van der Waals surface area contributed by atoms with E-state index in [1.807, 2.05) is 6.20 Å². The predicted molar refractivity (Wildman–Crippen MR) is 88.3 cm³/mol. The summed E-state index contributed by atoms with van der Waals surface area (Å²) in [6.45, 7) is 7.23. The van der Waals surface area contributed by atoms with Crippen LogP contribution in [0.3, 0.4) is 0 Å². The monoisotopic (exact) mass is 286 g/mol. The van der Waals surface area contributed by atoms with Gasteiger partial charge in [-0.1, -0.05) is 33.3 Å². The summed E-state index contributed by atoms with van der Waals surface area (Å²) in [4.78, 5) is 4.61. The van der Waals surface area contributed by atoms with Gasteiger partial charge in [0.25, 0.3) is 0 Å². The van der Waals surface area contributed by atoms with E-state index in [2.05, 4.69) is 43.2 Å². The highest BCUT2D eigenvalue weighted by atomic mass is 15.0. The molecule has 0 bridgehead atoms. The first kappa shape index (κ1) is 15.0. The lowest BCUT2D eigenvalue weighted by Gasteiger charge is -2.39. The summed E-state index contributed by atoms with van der Waals surface area (Å²) in [5.41, 5.74) is 3.29. The molecule has 1 atom stereocenters. The van der Waals surface area contributed by atoms with E-state index in [4.69, 9.17) is 0 Å². The molecule has 3 rings (SSSR count). The van der Waals surface area contributed by atoms with E-state index in [-0.39, 0.29) is 0 Å². The van der Waals surface area contributed by atoms with Crippen LogP contribution < -0.4 is 5.32 Å². The average Bonchev–Trinajstić information content (AvgIpc) is 2.91. The number of hydrogen-bond acceptors (Lipinski definition) is 2. The first-order valence-electron chi connectivity index (χ1n) is 8.80. The zero-order valence-electron chi connectivity index (χ0n) is 13.9. The lowest BCUT2D eigenvalue weighted by molar-refractivity contribution is 0.133. The summed E-state index contributed by atoms with van der Waals surface area (Å²) in [6, 6.07) is 5.51. The smallest absolute Gasteiger partial charge is 0.0605 e. The molecule has 2 nitrogen and oxygen atoms in total. The molecular formula is C19H30N2. The summed E-state index contributed by atoms with van der Waals surface area (Å²) in [6.07, 6.45) is 11.1. The Labute approximate surface area is 129 Å². The van der Waals surface area contributed by atoms with Gasteiger partial charge in [0.05, 0.1) is 11.7 Å². The number of hydrogen-bond donors (Lipinski definition) is 1. The molecule has 1 aromatic heterocycles. The second-order valence-corrected chi connectivity index (χ2v) is 7.70. The van der Waals surface area contributed by atoms with Crippen molar-refractivity contribution in [2.45, 2.75) is 77.8 Å². The minimum absolute atomic E-state index is 0.502. The Bertz CT molecular complexity index is 472. The van der Waals surface area contributed by atoms with Crippen LogP contribution in [0.4, 0.5) is 0 Å². The number of nitrogens with one attached hydrogen (secondary N) is 1. The van der Waals surface area contributed by atoms with Crippen LogP contribution in [0.2, 0.25) is 0 Å². The molecule has 21 heavy (non-hydrogen) atoms. The van der Waals surface area contributed by atoms with Crippen LogP contribution in [0.1, 0.15) is 76.6 Å². The van der Waals surface area contributed by atoms with Crippen LogP contribution in [0.5, 0.6) is 0 Å². The molecule has 0 saturated heterocycles.